The van der Waals surface area contributed by atoms with Gasteiger partial charge in [-0.1, -0.05) is 41.7 Å². The van der Waals surface area contributed by atoms with Gasteiger partial charge in [-0.15, -0.1) is 0 Å². The monoisotopic (exact) mass is 302 g/mol. The van der Waals surface area contributed by atoms with E-state index in [1.807, 2.05) is 0 Å². The van der Waals surface area contributed by atoms with Crippen molar-refractivity contribution in [3.8, 4) is 0 Å². The van der Waals surface area contributed by atoms with Gasteiger partial charge in [-0.25, -0.2) is 0 Å². The molecule has 0 radical (unpaired) electrons. The summed E-state index contributed by atoms with van der Waals surface area (Å²) in [6, 6.07) is 7.63. The summed E-state index contributed by atoms with van der Waals surface area (Å²) < 4.78 is 37.9. The second kappa shape index (κ2) is 6.23. The molecule has 108 valence electrons. The average molecular weight is 302 g/mol. The van der Waals surface area contributed by atoms with Crippen LogP contribution in [0.3, 0.4) is 0 Å². The molecule has 0 bridgehead atoms. The van der Waals surface area contributed by atoms with E-state index >= 15 is 0 Å². The number of benzene rings is 1. The van der Waals surface area contributed by atoms with E-state index in [4.69, 9.17) is 0 Å². The molecule has 1 atom stereocenters. The lowest BCUT2D eigenvalue weighted by Crippen LogP contribution is -2.26. The molecule has 2 N–H and O–H groups in total. The van der Waals surface area contributed by atoms with Crippen LogP contribution in [0.25, 0.3) is 0 Å². The number of thiazole rings is 1. The molecule has 2 rings (SSSR count). The van der Waals surface area contributed by atoms with Gasteiger partial charge in [0.15, 0.2) is 0 Å². The van der Waals surface area contributed by atoms with Crippen LogP contribution in [0.5, 0.6) is 0 Å². The Labute approximate surface area is 117 Å². The fourth-order valence-corrected chi connectivity index (χ4v) is 2.44. The van der Waals surface area contributed by atoms with Crippen molar-refractivity contribution in [2.75, 3.05) is 0 Å². The first-order valence-corrected chi connectivity index (χ1v) is 6.84. The Morgan fingerprint density at radius 2 is 1.95 bits per heavy atom. The first-order chi connectivity index (χ1) is 9.44. The Balaban J connectivity index is 2.08. The molecule has 2 aromatic rings. The highest BCUT2D eigenvalue weighted by Crippen LogP contribution is 2.29. The normalized spacial score (nSPS) is 13.3. The topological polar surface area (TPSA) is 44.9 Å². The molecule has 1 aromatic heterocycles. The number of halogens is 3. The maximum Gasteiger partial charge on any atom is 0.390 e. The van der Waals surface area contributed by atoms with Crippen molar-refractivity contribution in [1.82, 2.24) is 10.3 Å². The molecular formula is C13H13F3N2OS. The molecular weight excluding hydrogens is 289 g/mol. The van der Waals surface area contributed by atoms with Crippen LogP contribution >= 0.6 is 11.3 Å². The third kappa shape index (κ3) is 4.50. The van der Waals surface area contributed by atoms with Crippen LogP contribution in [0.15, 0.2) is 40.5 Å². The van der Waals surface area contributed by atoms with Crippen LogP contribution in [-0.2, 0) is 6.54 Å². The van der Waals surface area contributed by atoms with Crippen molar-refractivity contribution in [2.45, 2.75) is 25.2 Å². The molecule has 0 saturated heterocycles. The zero-order chi connectivity index (χ0) is 14.6. The number of rotatable bonds is 5. The van der Waals surface area contributed by atoms with E-state index in [-0.39, 0.29) is 11.4 Å². The quantitative estimate of drug-likeness (QED) is 0.890. The first kappa shape index (κ1) is 14.8. The van der Waals surface area contributed by atoms with Gasteiger partial charge in [0.1, 0.15) is 0 Å². The van der Waals surface area contributed by atoms with Crippen LogP contribution in [0, 0.1) is 0 Å². The fourth-order valence-electron chi connectivity index (χ4n) is 1.86. The Hall–Kier alpha value is -1.60. The fraction of sp³-hybridized carbons (Fsp3) is 0.308. The SMILES string of the molecule is O=c1[nH]c(CNC(CC(F)(F)F)c2ccccc2)cs1. The summed E-state index contributed by atoms with van der Waals surface area (Å²) >= 11 is 0.992. The molecule has 0 spiro atoms. The van der Waals surface area contributed by atoms with E-state index in [0.29, 0.717) is 11.3 Å². The molecule has 1 aromatic carbocycles. The number of aromatic amines is 1. The zero-order valence-electron chi connectivity index (χ0n) is 10.4. The van der Waals surface area contributed by atoms with E-state index < -0.39 is 18.6 Å². The summed E-state index contributed by atoms with van der Waals surface area (Å²) in [6.45, 7) is 0.189. The lowest BCUT2D eigenvalue weighted by Gasteiger charge is -2.20. The third-order valence-corrected chi connectivity index (χ3v) is 3.47. The van der Waals surface area contributed by atoms with E-state index in [2.05, 4.69) is 10.3 Å². The summed E-state index contributed by atoms with van der Waals surface area (Å²) in [5.74, 6) is 0. The molecule has 0 aliphatic heterocycles. The summed E-state index contributed by atoms with van der Waals surface area (Å²) in [5.41, 5.74) is 1.16. The van der Waals surface area contributed by atoms with Gasteiger partial charge in [0.25, 0.3) is 0 Å². The minimum absolute atomic E-state index is 0.189. The molecule has 0 aliphatic carbocycles. The second-order valence-electron chi connectivity index (χ2n) is 4.34. The van der Waals surface area contributed by atoms with E-state index in [1.165, 1.54) is 0 Å². The van der Waals surface area contributed by atoms with Crippen molar-refractivity contribution in [2.24, 2.45) is 0 Å². The second-order valence-corrected chi connectivity index (χ2v) is 5.18. The molecule has 20 heavy (non-hydrogen) atoms. The Kier molecular flexibility index (Phi) is 4.61. The largest absolute Gasteiger partial charge is 0.390 e. The Morgan fingerprint density at radius 3 is 2.50 bits per heavy atom. The number of alkyl halides is 3. The van der Waals surface area contributed by atoms with Gasteiger partial charge in [-0.3, -0.25) is 4.79 Å². The smallest absolute Gasteiger partial charge is 0.315 e. The van der Waals surface area contributed by atoms with Crippen molar-refractivity contribution in [3.63, 3.8) is 0 Å². The molecule has 0 fully saturated rings. The van der Waals surface area contributed by atoms with Gasteiger partial charge in [0, 0.05) is 23.7 Å². The lowest BCUT2D eigenvalue weighted by atomic mass is 10.0. The van der Waals surface area contributed by atoms with Gasteiger partial charge in [-0.2, -0.15) is 13.2 Å². The highest BCUT2D eigenvalue weighted by molar-refractivity contribution is 7.07. The Bertz CT molecular complexity index is 591. The first-order valence-electron chi connectivity index (χ1n) is 5.96. The average Bonchev–Trinajstić information content (AvgIpc) is 2.80. The van der Waals surface area contributed by atoms with Crippen molar-refractivity contribution >= 4 is 11.3 Å². The van der Waals surface area contributed by atoms with E-state index in [1.54, 1.807) is 35.7 Å². The minimum atomic E-state index is -4.25. The lowest BCUT2D eigenvalue weighted by molar-refractivity contribution is -0.140. The summed E-state index contributed by atoms with van der Waals surface area (Å²) in [5, 5.41) is 4.44. The highest BCUT2D eigenvalue weighted by Gasteiger charge is 2.32. The molecule has 1 unspecified atom stereocenters. The van der Waals surface area contributed by atoms with Gasteiger partial charge in [0.2, 0.25) is 0 Å². The summed E-state index contributed by atoms with van der Waals surface area (Å²) in [6.07, 6.45) is -5.21. The maximum atomic E-state index is 12.6. The standard InChI is InChI=1S/C13H13F3N2OS/c14-13(15,16)6-11(9-4-2-1-3-5-9)17-7-10-8-20-12(19)18-10/h1-5,8,11,17H,6-7H2,(H,18,19). The van der Waals surface area contributed by atoms with Crippen LogP contribution in [0.2, 0.25) is 0 Å². The number of nitrogens with one attached hydrogen (secondary N) is 2. The number of aromatic nitrogens is 1. The maximum absolute atomic E-state index is 12.6. The molecule has 0 amide bonds. The number of H-pyrrole nitrogens is 1. The van der Waals surface area contributed by atoms with Crippen LogP contribution in [0.4, 0.5) is 13.2 Å². The summed E-state index contributed by atoms with van der Waals surface area (Å²) in [7, 11) is 0. The van der Waals surface area contributed by atoms with E-state index in [9.17, 15) is 18.0 Å². The van der Waals surface area contributed by atoms with Gasteiger partial charge < -0.3 is 10.3 Å². The third-order valence-electron chi connectivity index (χ3n) is 2.75. The molecule has 3 nitrogen and oxygen atoms in total. The number of hydrogen-bond acceptors (Lipinski definition) is 3. The minimum Gasteiger partial charge on any atom is -0.315 e. The molecule has 7 heteroatoms. The molecule has 0 aliphatic rings. The zero-order valence-corrected chi connectivity index (χ0v) is 11.2. The van der Waals surface area contributed by atoms with E-state index in [0.717, 1.165) is 11.3 Å². The van der Waals surface area contributed by atoms with Gasteiger partial charge in [-0.05, 0) is 5.56 Å². The van der Waals surface area contributed by atoms with Crippen LogP contribution < -0.4 is 10.2 Å². The predicted molar refractivity (Wildman–Crippen MR) is 71.6 cm³/mol. The van der Waals surface area contributed by atoms with Gasteiger partial charge in [0.05, 0.1) is 6.42 Å². The van der Waals surface area contributed by atoms with Crippen LogP contribution in [-0.4, -0.2) is 11.2 Å². The number of hydrogen-bond donors (Lipinski definition) is 2. The van der Waals surface area contributed by atoms with Crippen molar-refractivity contribution in [1.29, 1.82) is 0 Å². The van der Waals surface area contributed by atoms with Crippen molar-refractivity contribution < 1.29 is 13.2 Å². The summed E-state index contributed by atoms with van der Waals surface area (Å²) in [4.78, 5) is 13.3. The molecule has 1 heterocycles. The predicted octanol–water partition coefficient (Wildman–Crippen LogP) is 3.22. The molecule has 0 saturated carbocycles. The van der Waals surface area contributed by atoms with Gasteiger partial charge >= 0.3 is 11.0 Å². The van der Waals surface area contributed by atoms with Crippen LogP contribution in [0.1, 0.15) is 23.7 Å². The Morgan fingerprint density at radius 1 is 1.25 bits per heavy atom. The van der Waals surface area contributed by atoms with Crippen molar-refractivity contribution in [3.05, 3.63) is 56.6 Å². The highest BCUT2D eigenvalue weighted by atomic mass is 32.1.